The van der Waals surface area contributed by atoms with Gasteiger partial charge in [0.05, 0.1) is 18.8 Å². The number of aliphatic hydroxyl groups is 1. The zero-order valence-corrected chi connectivity index (χ0v) is 12.2. The lowest BCUT2D eigenvalue weighted by Gasteiger charge is -2.35. The van der Waals surface area contributed by atoms with Crippen molar-refractivity contribution in [2.24, 2.45) is 0 Å². The molecule has 2 rings (SSSR count). The molecule has 4 nitrogen and oxygen atoms in total. The summed E-state index contributed by atoms with van der Waals surface area (Å²) >= 11 is 0. The maximum atomic E-state index is 12.1. The Kier molecular flexibility index (Phi) is 5.29. The van der Waals surface area contributed by atoms with Crippen LogP contribution in [0.5, 0.6) is 0 Å². The van der Waals surface area contributed by atoms with Crippen molar-refractivity contribution >= 4 is 5.78 Å². The lowest BCUT2D eigenvalue weighted by atomic mass is 10.1. The molecule has 0 amide bonds. The molecule has 0 aromatic heterocycles. The summed E-state index contributed by atoms with van der Waals surface area (Å²) in [5.41, 5.74) is 1.94. The van der Waals surface area contributed by atoms with E-state index >= 15 is 0 Å². The van der Waals surface area contributed by atoms with Crippen LogP contribution in [0.2, 0.25) is 0 Å². The Bertz CT molecular complexity index is 444. The van der Waals surface area contributed by atoms with E-state index in [0.717, 1.165) is 24.2 Å². The van der Waals surface area contributed by atoms with Crippen LogP contribution in [0.4, 0.5) is 0 Å². The van der Waals surface area contributed by atoms with Gasteiger partial charge in [-0.25, -0.2) is 0 Å². The predicted molar refractivity (Wildman–Crippen MR) is 78.0 cm³/mol. The molecule has 0 saturated carbocycles. The van der Waals surface area contributed by atoms with E-state index in [1.54, 1.807) is 0 Å². The molecule has 110 valence electrons. The Morgan fingerprint density at radius 1 is 1.35 bits per heavy atom. The molecule has 4 heteroatoms. The summed E-state index contributed by atoms with van der Waals surface area (Å²) < 4.78 is 5.59. The minimum absolute atomic E-state index is 0.0345. The van der Waals surface area contributed by atoms with Gasteiger partial charge in [0.1, 0.15) is 0 Å². The van der Waals surface area contributed by atoms with Gasteiger partial charge in [0.25, 0.3) is 0 Å². The molecule has 2 unspecified atom stereocenters. The molecule has 1 aromatic carbocycles. The van der Waals surface area contributed by atoms with Crippen molar-refractivity contribution in [2.75, 3.05) is 26.2 Å². The second-order valence-corrected chi connectivity index (χ2v) is 5.55. The van der Waals surface area contributed by atoms with Crippen LogP contribution >= 0.6 is 0 Å². The third kappa shape index (κ3) is 4.13. The summed E-state index contributed by atoms with van der Waals surface area (Å²) in [7, 11) is 0. The summed E-state index contributed by atoms with van der Waals surface area (Å²) in [5.74, 6) is 0.171. The Morgan fingerprint density at radius 2 is 2.05 bits per heavy atom. The highest BCUT2D eigenvalue weighted by molar-refractivity contribution is 5.96. The predicted octanol–water partition coefficient (Wildman–Crippen LogP) is 1.65. The highest BCUT2D eigenvalue weighted by Gasteiger charge is 2.24. The van der Waals surface area contributed by atoms with Crippen LogP contribution in [0.25, 0.3) is 0 Å². The maximum absolute atomic E-state index is 12.1. The molecule has 1 N–H and O–H groups in total. The van der Waals surface area contributed by atoms with Gasteiger partial charge in [-0.05, 0) is 13.8 Å². The molecule has 1 aromatic rings. The van der Waals surface area contributed by atoms with Gasteiger partial charge in [0.15, 0.2) is 5.78 Å². The molecular formula is C16H23NO3. The number of carbonyl (C=O) groups excluding carboxylic acids is 1. The molecule has 1 saturated heterocycles. The first-order chi connectivity index (χ1) is 9.58. The van der Waals surface area contributed by atoms with E-state index in [0.29, 0.717) is 13.0 Å². The van der Waals surface area contributed by atoms with Crippen molar-refractivity contribution in [1.82, 2.24) is 4.90 Å². The molecule has 0 radical (unpaired) electrons. The summed E-state index contributed by atoms with van der Waals surface area (Å²) in [6.07, 6.45) is 0.483. The van der Waals surface area contributed by atoms with E-state index in [1.165, 1.54) is 0 Å². The smallest absolute Gasteiger partial charge is 0.164 e. The van der Waals surface area contributed by atoms with Crippen LogP contribution in [0.1, 0.15) is 29.3 Å². The Labute approximate surface area is 120 Å². The number of carbonyl (C=O) groups is 1. The number of hydrogen-bond donors (Lipinski definition) is 1. The summed E-state index contributed by atoms with van der Waals surface area (Å²) in [5, 5.41) is 9.19. The number of hydrogen-bond acceptors (Lipinski definition) is 4. The number of Topliss-reactive ketones (excluding diaryl/α,β-unsaturated/α-hetero) is 1. The van der Waals surface area contributed by atoms with E-state index in [-0.39, 0.29) is 24.6 Å². The molecule has 1 aliphatic rings. The summed E-state index contributed by atoms with van der Waals surface area (Å²) in [6, 6.07) is 7.70. The molecule has 1 heterocycles. The minimum Gasteiger partial charge on any atom is -0.394 e. The van der Waals surface area contributed by atoms with Crippen LogP contribution in [-0.4, -0.2) is 54.2 Å². The number of aryl methyl sites for hydroxylation is 1. The first-order valence-electron chi connectivity index (χ1n) is 7.17. The highest BCUT2D eigenvalue weighted by atomic mass is 16.5. The molecule has 1 aliphatic heterocycles. The maximum Gasteiger partial charge on any atom is 0.164 e. The normalized spacial score (nSPS) is 23.8. The average molecular weight is 277 g/mol. The first-order valence-corrected chi connectivity index (χ1v) is 7.17. The third-order valence-electron chi connectivity index (χ3n) is 3.63. The lowest BCUT2D eigenvalue weighted by Crippen LogP contribution is -2.48. The number of benzene rings is 1. The molecule has 0 spiro atoms. The number of ketones is 1. The molecule has 0 bridgehead atoms. The standard InChI is InChI=1S/C16H23NO3/c1-12-3-5-14(6-4-12)16(19)7-8-17-9-13(2)20-15(10-17)11-18/h3-6,13,15,18H,7-11H2,1-2H3. The van der Waals surface area contributed by atoms with Crippen LogP contribution in [0.15, 0.2) is 24.3 Å². The quantitative estimate of drug-likeness (QED) is 0.831. The van der Waals surface area contributed by atoms with E-state index < -0.39 is 0 Å². The van der Waals surface area contributed by atoms with Crippen molar-refractivity contribution in [2.45, 2.75) is 32.5 Å². The van der Waals surface area contributed by atoms with Gasteiger partial charge in [-0.1, -0.05) is 29.8 Å². The van der Waals surface area contributed by atoms with Gasteiger partial charge in [-0.2, -0.15) is 0 Å². The van der Waals surface area contributed by atoms with Crippen LogP contribution in [0, 0.1) is 6.92 Å². The van der Waals surface area contributed by atoms with Crippen molar-refractivity contribution in [1.29, 1.82) is 0 Å². The lowest BCUT2D eigenvalue weighted by molar-refractivity contribution is -0.0947. The van der Waals surface area contributed by atoms with E-state index in [1.807, 2.05) is 38.1 Å². The van der Waals surface area contributed by atoms with E-state index in [4.69, 9.17) is 4.74 Å². The Hall–Kier alpha value is -1.23. The topological polar surface area (TPSA) is 49.8 Å². The third-order valence-corrected chi connectivity index (χ3v) is 3.63. The van der Waals surface area contributed by atoms with Gasteiger partial charge in [-0.3, -0.25) is 9.69 Å². The molecule has 0 aliphatic carbocycles. The van der Waals surface area contributed by atoms with Crippen LogP contribution in [-0.2, 0) is 4.74 Å². The fourth-order valence-electron chi connectivity index (χ4n) is 2.57. The fourth-order valence-corrected chi connectivity index (χ4v) is 2.57. The SMILES string of the molecule is Cc1ccc(C(=O)CCN2CC(C)OC(CO)C2)cc1. The Balaban J connectivity index is 1.85. The number of ether oxygens (including phenoxy) is 1. The van der Waals surface area contributed by atoms with Gasteiger partial charge in [-0.15, -0.1) is 0 Å². The number of aliphatic hydroxyl groups excluding tert-OH is 1. The van der Waals surface area contributed by atoms with Crippen molar-refractivity contribution in [3.05, 3.63) is 35.4 Å². The van der Waals surface area contributed by atoms with Crippen molar-refractivity contribution < 1.29 is 14.6 Å². The highest BCUT2D eigenvalue weighted by Crippen LogP contribution is 2.12. The largest absolute Gasteiger partial charge is 0.394 e. The first kappa shape index (κ1) is 15.2. The molecule has 20 heavy (non-hydrogen) atoms. The minimum atomic E-state index is -0.131. The van der Waals surface area contributed by atoms with Gasteiger partial charge in [0, 0.05) is 31.6 Å². The van der Waals surface area contributed by atoms with Crippen LogP contribution in [0.3, 0.4) is 0 Å². The number of rotatable bonds is 5. The Morgan fingerprint density at radius 3 is 2.70 bits per heavy atom. The average Bonchev–Trinajstić information content (AvgIpc) is 2.45. The van der Waals surface area contributed by atoms with Gasteiger partial charge < -0.3 is 9.84 Å². The summed E-state index contributed by atoms with van der Waals surface area (Å²) in [6.45, 7) is 6.28. The van der Waals surface area contributed by atoms with Gasteiger partial charge in [0.2, 0.25) is 0 Å². The zero-order chi connectivity index (χ0) is 14.5. The molecular weight excluding hydrogens is 254 g/mol. The summed E-state index contributed by atoms with van der Waals surface area (Å²) in [4.78, 5) is 14.3. The number of nitrogens with zero attached hydrogens (tertiary/aromatic N) is 1. The second-order valence-electron chi connectivity index (χ2n) is 5.55. The van der Waals surface area contributed by atoms with Gasteiger partial charge >= 0.3 is 0 Å². The molecule has 1 fully saturated rings. The zero-order valence-electron chi connectivity index (χ0n) is 12.2. The van der Waals surface area contributed by atoms with Crippen molar-refractivity contribution in [3.8, 4) is 0 Å². The number of morpholine rings is 1. The monoisotopic (exact) mass is 277 g/mol. The van der Waals surface area contributed by atoms with E-state index in [2.05, 4.69) is 4.90 Å². The second kappa shape index (κ2) is 6.97. The van der Waals surface area contributed by atoms with Crippen molar-refractivity contribution in [3.63, 3.8) is 0 Å². The van der Waals surface area contributed by atoms with E-state index in [9.17, 15) is 9.90 Å². The molecule has 2 atom stereocenters. The van der Waals surface area contributed by atoms with Crippen LogP contribution < -0.4 is 0 Å². The fraction of sp³-hybridized carbons (Fsp3) is 0.562.